The molecule has 4 heteroatoms. The maximum absolute atomic E-state index is 6.19. The van der Waals surface area contributed by atoms with Gasteiger partial charge in [-0.15, -0.1) is 0 Å². The van der Waals surface area contributed by atoms with Gasteiger partial charge < -0.3 is 9.47 Å². The number of hydrogen-bond donors (Lipinski definition) is 0. The van der Waals surface area contributed by atoms with Crippen molar-refractivity contribution in [3.63, 3.8) is 0 Å². The lowest BCUT2D eigenvalue weighted by molar-refractivity contribution is 0.242. The number of nitrogens with zero attached hydrogens (tertiary/aromatic N) is 2. The third-order valence-corrected chi connectivity index (χ3v) is 4.81. The molecule has 0 saturated carbocycles. The standard InChI is InChI=1S/C26H26N2O2/c1-17(2)19-9-13-22(14-10-19)30-26-23-7-5-6-8-24(23)27-25(28-26)20-11-15-21(16-12-20)29-18(3)4/h5-18H,1-4H3. The normalized spacial score (nSPS) is 11.3. The molecule has 3 aromatic carbocycles. The van der Waals surface area contributed by atoms with Crippen molar-refractivity contribution in [1.29, 1.82) is 0 Å². The van der Waals surface area contributed by atoms with E-state index >= 15 is 0 Å². The fourth-order valence-electron chi connectivity index (χ4n) is 3.24. The van der Waals surface area contributed by atoms with Crippen LogP contribution in [-0.4, -0.2) is 16.1 Å². The summed E-state index contributed by atoms with van der Waals surface area (Å²) in [5, 5.41) is 0.883. The van der Waals surface area contributed by atoms with Crippen LogP contribution >= 0.6 is 0 Å². The van der Waals surface area contributed by atoms with E-state index in [1.807, 2.05) is 74.5 Å². The topological polar surface area (TPSA) is 44.2 Å². The van der Waals surface area contributed by atoms with Crippen LogP contribution in [0.5, 0.6) is 17.4 Å². The molecule has 152 valence electrons. The van der Waals surface area contributed by atoms with Gasteiger partial charge in [-0.3, -0.25) is 0 Å². The maximum Gasteiger partial charge on any atom is 0.230 e. The van der Waals surface area contributed by atoms with Crippen LogP contribution in [0.25, 0.3) is 22.3 Å². The van der Waals surface area contributed by atoms with Crippen LogP contribution in [0.1, 0.15) is 39.2 Å². The minimum atomic E-state index is 0.134. The van der Waals surface area contributed by atoms with Gasteiger partial charge in [0.05, 0.1) is 17.0 Å². The maximum atomic E-state index is 6.19. The van der Waals surface area contributed by atoms with Gasteiger partial charge in [-0.25, -0.2) is 4.98 Å². The average Bonchev–Trinajstić information content (AvgIpc) is 2.74. The van der Waals surface area contributed by atoms with Gasteiger partial charge in [0.25, 0.3) is 0 Å². The van der Waals surface area contributed by atoms with Gasteiger partial charge in [-0.05, 0) is 73.9 Å². The van der Waals surface area contributed by atoms with E-state index in [9.17, 15) is 0 Å². The molecule has 4 rings (SSSR count). The molecule has 4 aromatic rings. The Hall–Kier alpha value is -3.40. The molecule has 1 heterocycles. The predicted octanol–water partition coefficient (Wildman–Crippen LogP) is 7.00. The molecule has 0 saturated heterocycles. The molecule has 0 N–H and O–H groups in total. The lowest BCUT2D eigenvalue weighted by Crippen LogP contribution is -2.05. The number of fused-ring (bicyclic) bond motifs is 1. The largest absolute Gasteiger partial charge is 0.491 e. The Morgan fingerprint density at radius 3 is 2.03 bits per heavy atom. The second-order valence-electron chi connectivity index (χ2n) is 7.89. The summed E-state index contributed by atoms with van der Waals surface area (Å²) >= 11 is 0. The molecule has 0 aliphatic rings. The fraction of sp³-hybridized carbons (Fsp3) is 0.231. The van der Waals surface area contributed by atoms with Crippen molar-refractivity contribution in [2.45, 2.75) is 39.7 Å². The van der Waals surface area contributed by atoms with E-state index in [1.54, 1.807) is 0 Å². The lowest BCUT2D eigenvalue weighted by Gasteiger charge is -2.12. The fourth-order valence-corrected chi connectivity index (χ4v) is 3.24. The predicted molar refractivity (Wildman–Crippen MR) is 121 cm³/mol. The van der Waals surface area contributed by atoms with Crippen molar-refractivity contribution < 1.29 is 9.47 Å². The first-order valence-electron chi connectivity index (χ1n) is 10.3. The SMILES string of the molecule is CC(C)Oc1ccc(-c2nc(Oc3ccc(C(C)C)cc3)c3ccccc3n2)cc1. The van der Waals surface area contributed by atoms with Crippen molar-refractivity contribution in [3.8, 4) is 28.8 Å². The van der Waals surface area contributed by atoms with Crippen molar-refractivity contribution in [2.24, 2.45) is 0 Å². The van der Waals surface area contributed by atoms with Gasteiger partial charge in [-0.1, -0.05) is 38.1 Å². The van der Waals surface area contributed by atoms with Gasteiger partial charge in [0, 0.05) is 5.56 Å². The number of aromatic nitrogens is 2. The zero-order valence-corrected chi connectivity index (χ0v) is 17.8. The third kappa shape index (κ3) is 4.43. The van der Waals surface area contributed by atoms with Gasteiger partial charge in [0.15, 0.2) is 5.82 Å². The molecule has 1 aromatic heterocycles. The zero-order valence-electron chi connectivity index (χ0n) is 17.8. The molecule has 0 spiro atoms. The quantitative estimate of drug-likeness (QED) is 0.351. The monoisotopic (exact) mass is 398 g/mol. The molecule has 0 fully saturated rings. The number of hydrogen-bond acceptors (Lipinski definition) is 4. The van der Waals surface area contributed by atoms with E-state index < -0.39 is 0 Å². The summed E-state index contributed by atoms with van der Waals surface area (Å²) in [4.78, 5) is 9.48. The van der Waals surface area contributed by atoms with Crippen molar-refractivity contribution in [3.05, 3.63) is 78.4 Å². The highest BCUT2D eigenvalue weighted by molar-refractivity contribution is 5.85. The van der Waals surface area contributed by atoms with E-state index in [0.717, 1.165) is 28.0 Å². The van der Waals surface area contributed by atoms with Crippen molar-refractivity contribution >= 4 is 10.9 Å². The van der Waals surface area contributed by atoms with Crippen LogP contribution in [0.2, 0.25) is 0 Å². The molecule has 0 unspecified atom stereocenters. The zero-order chi connectivity index (χ0) is 21.1. The molecule has 4 nitrogen and oxygen atoms in total. The summed E-state index contributed by atoms with van der Waals surface area (Å²) in [7, 11) is 0. The summed E-state index contributed by atoms with van der Waals surface area (Å²) in [6.45, 7) is 8.38. The first-order chi connectivity index (χ1) is 14.5. The molecule has 0 radical (unpaired) electrons. The Labute approximate surface area is 177 Å². The summed E-state index contributed by atoms with van der Waals surface area (Å²) in [6.07, 6.45) is 0.134. The number of ether oxygens (including phenoxy) is 2. The molecule has 0 atom stereocenters. The Morgan fingerprint density at radius 1 is 0.700 bits per heavy atom. The van der Waals surface area contributed by atoms with Crippen LogP contribution in [-0.2, 0) is 0 Å². The average molecular weight is 399 g/mol. The first kappa shape index (κ1) is 19.9. The highest BCUT2D eigenvalue weighted by Crippen LogP contribution is 2.31. The highest BCUT2D eigenvalue weighted by Gasteiger charge is 2.12. The Morgan fingerprint density at radius 2 is 1.37 bits per heavy atom. The molecule has 0 amide bonds. The minimum Gasteiger partial charge on any atom is -0.491 e. The summed E-state index contributed by atoms with van der Waals surface area (Å²) in [5.41, 5.74) is 3.04. The van der Waals surface area contributed by atoms with Gasteiger partial charge in [0.1, 0.15) is 11.5 Å². The first-order valence-corrected chi connectivity index (χ1v) is 10.3. The van der Waals surface area contributed by atoms with E-state index in [2.05, 4.69) is 26.0 Å². The summed E-state index contributed by atoms with van der Waals surface area (Å²) in [5.74, 6) is 3.24. The summed E-state index contributed by atoms with van der Waals surface area (Å²) in [6, 6.07) is 23.9. The second kappa shape index (κ2) is 8.54. The third-order valence-electron chi connectivity index (χ3n) is 4.81. The van der Waals surface area contributed by atoms with E-state index in [-0.39, 0.29) is 6.10 Å². The minimum absolute atomic E-state index is 0.134. The molecule has 0 aliphatic carbocycles. The van der Waals surface area contributed by atoms with Crippen LogP contribution in [0.15, 0.2) is 72.8 Å². The summed E-state index contributed by atoms with van der Waals surface area (Å²) < 4.78 is 11.9. The van der Waals surface area contributed by atoms with Gasteiger partial charge >= 0.3 is 0 Å². The van der Waals surface area contributed by atoms with E-state index in [0.29, 0.717) is 17.6 Å². The van der Waals surface area contributed by atoms with Gasteiger partial charge in [0.2, 0.25) is 5.88 Å². The van der Waals surface area contributed by atoms with Gasteiger partial charge in [-0.2, -0.15) is 4.98 Å². The van der Waals surface area contributed by atoms with Crippen LogP contribution in [0.3, 0.4) is 0 Å². The van der Waals surface area contributed by atoms with Crippen molar-refractivity contribution in [2.75, 3.05) is 0 Å². The van der Waals surface area contributed by atoms with Crippen LogP contribution < -0.4 is 9.47 Å². The van der Waals surface area contributed by atoms with Crippen molar-refractivity contribution in [1.82, 2.24) is 9.97 Å². The van der Waals surface area contributed by atoms with Crippen LogP contribution in [0, 0.1) is 0 Å². The number of rotatable bonds is 6. The Bertz CT molecular complexity index is 1130. The molecular weight excluding hydrogens is 372 g/mol. The van der Waals surface area contributed by atoms with E-state index in [1.165, 1.54) is 5.56 Å². The number of para-hydroxylation sites is 1. The molecular formula is C26H26N2O2. The number of benzene rings is 3. The molecule has 0 bridgehead atoms. The van der Waals surface area contributed by atoms with E-state index in [4.69, 9.17) is 19.4 Å². The molecule has 0 aliphatic heterocycles. The Kier molecular flexibility index (Phi) is 5.66. The second-order valence-corrected chi connectivity index (χ2v) is 7.89. The lowest BCUT2D eigenvalue weighted by atomic mass is 10.0. The van der Waals surface area contributed by atoms with Crippen LogP contribution in [0.4, 0.5) is 0 Å². The highest BCUT2D eigenvalue weighted by atomic mass is 16.5. The smallest absolute Gasteiger partial charge is 0.230 e. The Balaban J connectivity index is 1.70. The molecule has 30 heavy (non-hydrogen) atoms.